The fraction of sp³-hybridized carbons (Fsp3) is 0.583. The van der Waals surface area contributed by atoms with Crippen molar-refractivity contribution < 1.29 is 9.53 Å². The van der Waals surface area contributed by atoms with Crippen LogP contribution in [0.3, 0.4) is 0 Å². The zero-order valence-corrected chi connectivity index (χ0v) is 9.16. The summed E-state index contributed by atoms with van der Waals surface area (Å²) in [5.74, 6) is -0.0775. The zero-order chi connectivity index (χ0) is 10.6. The first-order chi connectivity index (χ1) is 6.81. The van der Waals surface area contributed by atoms with Crippen molar-refractivity contribution in [2.45, 2.75) is 39.5 Å². The van der Waals surface area contributed by atoms with Crippen molar-refractivity contribution in [3.63, 3.8) is 0 Å². The minimum atomic E-state index is -0.0775. The second kappa shape index (κ2) is 10.0. The molecule has 0 atom stereocenters. The van der Waals surface area contributed by atoms with E-state index in [9.17, 15) is 4.79 Å². The van der Waals surface area contributed by atoms with Crippen molar-refractivity contribution >= 4 is 5.97 Å². The molecule has 0 aliphatic rings. The molecule has 80 valence electrons. The first kappa shape index (κ1) is 12.9. The molecule has 14 heavy (non-hydrogen) atoms. The molecular weight excluding hydrogens is 176 g/mol. The lowest BCUT2D eigenvalue weighted by molar-refractivity contribution is -0.143. The van der Waals surface area contributed by atoms with Gasteiger partial charge >= 0.3 is 5.97 Å². The van der Waals surface area contributed by atoms with Gasteiger partial charge in [0.05, 0.1) is 6.61 Å². The van der Waals surface area contributed by atoms with E-state index in [2.05, 4.69) is 6.92 Å². The Balaban J connectivity index is 3.31. The molecule has 0 aromatic carbocycles. The molecule has 0 aromatic heterocycles. The van der Waals surface area contributed by atoms with Crippen LogP contribution in [0.2, 0.25) is 0 Å². The first-order valence-corrected chi connectivity index (χ1v) is 5.24. The van der Waals surface area contributed by atoms with Crippen molar-refractivity contribution in [2.24, 2.45) is 0 Å². The summed E-state index contributed by atoms with van der Waals surface area (Å²) in [6.45, 7) is 4.53. The van der Waals surface area contributed by atoms with E-state index < -0.39 is 0 Å². The van der Waals surface area contributed by atoms with Gasteiger partial charge in [0, 0.05) is 6.42 Å². The predicted octanol–water partition coefficient (Wildman–Crippen LogP) is 3.24. The summed E-state index contributed by atoms with van der Waals surface area (Å²) in [6.07, 6.45) is 11.2. The highest BCUT2D eigenvalue weighted by Gasteiger charge is 1.99. The van der Waals surface area contributed by atoms with Crippen LogP contribution in [-0.4, -0.2) is 12.6 Å². The quantitative estimate of drug-likeness (QED) is 0.355. The molecule has 0 bridgehead atoms. The Morgan fingerprint density at radius 2 is 2.14 bits per heavy atom. The molecule has 0 aliphatic carbocycles. The number of esters is 1. The maximum atomic E-state index is 11.0. The standard InChI is InChI=1S/C12H20O2/c1-3-5-7-8-9-11-14-12(13)10-6-4-2/h3,5,7-8H,4,6,9-11H2,1-2H3/b5-3+,8-7+. The molecule has 0 saturated heterocycles. The third kappa shape index (κ3) is 9.04. The van der Waals surface area contributed by atoms with E-state index in [0.717, 1.165) is 19.3 Å². The molecule has 0 amide bonds. The molecule has 0 spiro atoms. The zero-order valence-electron chi connectivity index (χ0n) is 9.16. The van der Waals surface area contributed by atoms with Gasteiger partial charge in [0.25, 0.3) is 0 Å². The number of allylic oxidation sites excluding steroid dienone is 3. The van der Waals surface area contributed by atoms with Gasteiger partial charge < -0.3 is 4.74 Å². The average Bonchev–Trinajstić information content (AvgIpc) is 2.20. The summed E-state index contributed by atoms with van der Waals surface area (Å²) in [5, 5.41) is 0. The van der Waals surface area contributed by atoms with E-state index in [1.54, 1.807) is 0 Å². The minimum absolute atomic E-state index is 0.0775. The Kier molecular flexibility index (Phi) is 9.28. The normalized spacial score (nSPS) is 11.3. The number of carbonyl (C=O) groups excluding carboxylic acids is 1. The van der Waals surface area contributed by atoms with E-state index in [1.165, 1.54) is 0 Å². The summed E-state index contributed by atoms with van der Waals surface area (Å²) in [7, 11) is 0. The van der Waals surface area contributed by atoms with Crippen LogP contribution in [0.5, 0.6) is 0 Å². The van der Waals surface area contributed by atoms with E-state index in [4.69, 9.17) is 4.74 Å². The molecule has 0 radical (unpaired) electrons. The van der Waals surface area contributed by atoms with Crippen LogP contribution in [0.4, 0.5) is 0 Å². The van der Waals surface area contributed by atoms with E-state index in [1.807, 2.05) is 31.2 Å². The SMILES string of the molecule is C/C=C/C=C/CCOC(=O)CCCC. The third-order valence-corrected chi connectivity index (χ3v) is 1.72. The van der Waals surface area contributed by atoms with Crippen molar-refractivity contribution in [1.82, 2.24) is 0 Å². The molecule has 2 heteroatoms. The van der Waals surface area contributed by atoms with Crippen LogP contribution in [0.15, 0.2) is 24.3 Å². The van der Waals surface area contributed by atoms with Crippen LogP contribution in [0.1, 0.15) is 39.5 Å². The number of carbonyl (C=O) groups is 1. The summed E-state index contributed by atoms with van der Waals surface area (Å²) >= 11 is 0. The highest BCUT2D eigenvalue weighted by Crippen LogP contribution is 1.97. The fourth-order valence-electron chi connectivity index (χ4n) is 0.920. The second-order valence-corrected chi connectivity index (χ2v) is 3.07. The molecular formula is C12H20O2. The number of rotatable bonds is 7. The van der Waals surface area contributed by atoms with Gasteiger partial charge in [-0.3, -0.25) is 4.79 Å². The Labute approximate surface area is 86.6 Å². The average molecular weight is 196 g/mol. The largest absolute Gasteiger partial charge is 0.465 e. The maximum Gasteiger partial charge on any atom is 0.305 e. The van der Waals surface area contributed by atoms with Gasteiger partial charge in [0.15, 0.2) is 0 Å². The van der Waals surface area contributed by atoms with Crippen molar-refractivity contribution in [2.75, 3.05) is 6.61 Å². The molecule has 0 fully saturated rings. The van der Waals surface area contributed by atoms with Crippen LogP contribution >= 0.6 is 0 Å². The van der Waals surface area contributed by atoms with Crippen LogP contribution < -0.4 is 0 Å². The number of hydrogen-bond donors (Lipinski definition) is 0. The maximum absolute atomic E-state index is 11.0. The van der Waals surface area contributed by atoms with Crippen molar-refractivity contribution in [3.8, 4) is 0 Å². The Morgan fingerprint density at radius 3 is 2.79 bits per heavy atom. The molecule has 0 N–H and O–H groups in total. The lowest BCUT2D eigenvalue weighted by Gasteiger charge is -2.01. The number of ether oxygens (including phenoxy) is 1. The van der Waals surface area contributed by atoms with Crippen LogP contribution in [0, 0.1) is 0 Å². The van der Waals surface area contributed by atoms with Gasteiger partial charge in [-0.05, 0) is 19.8 Å². The molecule has 0 unspecified atom stereocenters. The highest BCUT2D eigenvalue weighted by molar-refractivity contribution is 5.69. The first-order valence-electron chi connectivity index (χ1n) is 5.24. The van der Waals surface area contributed by atoms with E-state index in [0.29, 0.717) is 13.0 Å². The molecule has 0 saturated carbocycles. The summed E-state index contributed by atoms with van der Waals surface area (Å²) in [5.41, 5.74) is 0. The van der Waals surface area contributed by atoms with Crippen LogP contribution in [0.25, 0.3) is 0 Å². The monoisotopic (exact) mass is 196 g/mol. The highest BCUT2D eigenvalue weighted by atomic mass is 16.5. The fourth-order valence-corrected chi connectivity index (χ4v) is 0.920. The smallest absolute Gasteiger partial charge is 0.305 e. The Morgan fingerprint density at radius 1 is 1.36 bits per heavy atom. The van der Waals surface area contributed by atoms with Gasteiger partial charge in [-0.15, -0.1) is 0 Å². The van der Waals surface area contributed by atoms with E-state index >= 15 is 0 Å². The summed E-state index contributed by atoms with van der Waals surface area (Å²) < 4.78 is 5.01. The van der Waals surface area contributed by atoms with Crippen molar-refractivity contribution in [1.29, 1.82) is 0 Å². The minimum Gasteiger partial charge on any atom is -0.465 e. The molecule has 0 aliphatic heterocycles. The van der Waals surface area contributed by atoms with Gasteiger partial charge in [-0.2, -0.15) is 0 Å². The molecule has 0 aromatic rings. The topological polar surface area (TPSA) is 26.3 Å². The second-order valence-electron chi connectivity index (χ2n) is 3.07. The van der Waals surface area contributed by atoms with E-state index in [-0.39, 0.29) is 5.97 Å². The predicted molar refractivity (Wildman–Crippen MR) is 59.1 cm³/mol. The number of unbranched alkanes of at least 4 members (excludes halogenated alkanes) is 1. The summed E-state index contributed by atoms with van der Waals surface area (Å²) in [6, 6.07) is 0. The molecule has 2 nitrogen and oxygen atoms in total. The van der Waals surface area contributed by atoms with Gasteiger partial charge in [0.1, 0.15) is 0 Å². The van der Waals surface area contributed by atoms with Gasteiger partial charge in [-0.25, -0.2) is 0 Å². The number of hydrogen-bond acceptors (Lipinski definition) is 2. The van der Waals surface area contributed by atoms with Crippen LogP contribution in [-0.2, 0) is 9.53 Å². The Hall–Kier alpha value is -1.05. The van der Waals surface area contributed by atoms with Gasteiger partial charge in [-0.1, -0.05) is 37.6 Å². The molecule has 0 rings (SSSR count). The van der Waals surface area contributed by atoms with Gasteiger partial charge in [0.2, 0.25) is 0 Å². The Bertz CT molecular complexity index is 192. The third-order valence-electron chi connectivity index (χ3n) is 1.72. The van der Waals surface area contributed by atoms with Crippen molar-refractivity contribution in [3.05, 3.63) is 24.3 Å². The lowest BCUT2D eigenvalue weighted by atomic mass is 10.2. The molecule has 0 heterocycles. The summed E-state index contributed by atoms with van der Waals surface area (Å²) in [4.78, 5) is 11.0. The lowest BCUT2D eigenvalue weighted by Crippen LogP contribution is -2.04.